The summed E-state index contributed by atoms with van der Waals surface area (Å²) in [7, 11) is 1.93. The van der Waals surface area contributed by atoms with Gasteiger partial charge in [-0.2, -0.15) is 0 Å². The molecule has 0 saturated carbocycles. The van der Waals surface area contributed by atoms with Crippen LogP contribution in [0.5, 0.6) is 0 Å². The summed E-state index contributed by atoms with van der Waals surface area (Å²) in [6.45, 7) is 3.18. The fourth-order valence-corrected chi connectivity index (χ4v) is 3.37. The van der Waals surface area contributed by atoms with Gasteiger partial charge in [0.2, 0.25) is 0 Å². The molecular formula is C19H21N7O. The van der Waals surface area contributed by atoms with E-state index in [1.54, 1.807) is 37.3 Å². The van der Waals surface area contributed by atoms with Crippen LogP contribution in [-0.4, -0.2) is 53.4 Å². The van der Waals surface area contributed by atoms with Crippen LogP contribution in [0.25, 0.3) is 11.4 Å². The first-order chi connectivity index (χ1) is 13.1. The Labute approximate surface area is 157 Å². The molecule has 4 heterocycles. The van der Waals surface area contributed by atoms with E-state index in [0.717, 1.165) is 42.2 Å². The van der Waals surface area contributed by atoms with E-state index in [2.05, 4.69) is 19.9 Å². The predicted octanol–water partition coefficient (Wildman–Crippen LogP) is 2.00. The van der Waals surface area contributed by atoms with Gasteiger partial charge in [0.1, 0.15) is 11.4 Å². The van der Waals surface area contributed by atoms with Crippen LogP contribution in [0, 0.1) is 6.92 Å². The highest BCUT2D eigenvalue weighted by Crippen LogP contribution is 2.27. The molecule has 0 radical (unpaired) electrons. The second-order valence-electron chi connectivity index (χ2n) is 6.85. The average Bonchev–Trinajstić information content (AvgIpc) is 3.14. The Morgan fingerprint density at radius 3 is 2.74 bits per heavy atom. The number of likely N-dealkylation sites (tertiary alicyclic amines) is 1. The van der Waals surface area contributed by atoms with Crippen LogP contribution in [0.3, 0.4) is 0 Å². The van der Waals surface area contributed by atoms with Crippen molar-refractivity contribution in [2.75, 3.05) is 13.1 Å². The van der Waals surface area contributed by atoms with Gasteiger partial charge in [-0.15, -0.1) is 0 Å². The standard InChI is InChI=1S/C19H21N7O/c1-13-6-23-17(9-22-13)19(27)26-5-3-4-14(11-26)15-7-20-8-16(24-15)18-10-21-12-25(18)2/h6-10,12,14H,3-5,11H2,1-2H3/t14-/m0/s1. The van der Waals surface area contributed by atoms with Gasteiger partial charge in [0.05, 0.1) is 42.0 Å². The lowest BCUT2D eigenvalue weighted by Crippen LogP contribution is -2.39. The Hall–Kier alpha value is -3.16. The summed E-state index contributed by atoms with van der Waals surface area (Å²) in [6, 6.07) is 0. The van der Waals surface area contributed by atoms with E-state index >= 15 is 0 Å². The smallest absolute Gasteiger partial charge is 0.274 e. The van der Waals surface area contributed by atoms with Gasteiger partial charge in [0.25, 0.3) is 5.91 Å². The number of aryl methyl sites for hydroxylation is 2. The number of nitrogens with zero attached hydrogens (tertiary/aromatic N) is 7. The van der Waals surface area contributed by atoms with Gasteiger partial charge in [-0.05, 0) is 19.8 Å². The molecule has 0 aliphatic carbocycles. The first-order valence-electron chi connectivity index (χ1n) is 8.98. The van der Waals surface area contributed by atoms with Crippen LogP contribution in [0.4, 0.5) is 0 Å². The van der Waals surface area contributed by atoms with E-state index in [4.69, 9.17) is 4.98 Å². The lowest BCUT2D eigenvalue weighted by Gasteiger charge is -2.32. The van der Waals surface area contributed by atoms with E-state index in [9.17, 15) is 4.79 Å². The molecule has 3 aromatic rings. The van der Waals surface area contributed by atoms with Crippen LogP contribution >= 0.6 is 0 Å². The SMILES string of the molecule is Cc1cnc(C(=O)N2CCC[C@H](c3cncc(-c4cncn4C)n3)C2)cn1. The number of carbonyl (C=O) groups is 1. The van der Waals surface area contributed by atoms with Gasteiger partial charge in [-0.3, -0.25) is 14.8 Å². The number of hydrogen-bond donors (Lipinski definition) is 0. The highest BCUT2D eigenvalue weighted by atomic mass is 16.2. The van der Waals surface area contributed by atoms with Gasteiger partial charge < -0.3 is 9.47 Å². The molecule has 0 spiro atoms. The summed E-state index contributed by atoms with van der Waals surface area (Å²) in [5.74, 6) is 0.0738. The number of aromatic nitrogens is 6. The fraction of sp³-hybridized carbons (Fsp3) is 0.368. The first kappa shape index (κ1) is 17.3. The molecule has 1 aliphatic rings. The molecule has 0 unspecified atom stereocenters. The molecule has 8 heteroatoms. The van der Waals surface area contributed by atoms with Gasteiger partial charge in [-0.1, -0.05) is 0 Å². The number of amides is 1. The minimum Gasteiger partial charge on any atom is -0.337 e. The number of carbonyl (C=O) groups excluding carboxylic acids is 1. The highest BCUT2D eigenvalue weighted by Gasteiger charge is 2.27. The van der Waals surface area contributed by atoms with Crippen LogP contribution < -0.4 is 0 Å². The van der Waals surface area contributed by atoms with Crippen LogP contribution in [0.15, 0.2) is 37.3 Å². The maximum Gasteiger partial charge on any atom is 0.274 e. The molecular weight excluding hydrogens is 342 g/mol. The average molecular weight is 363 g/mol. The summed E-state index contributed by atoms with van der Waals surface area (Å²) in [5, 5.41) is 0. The minimum atomic E-state index is -0.0806. The topological polar surface area (TPSA) is 89.7 Å². The number of piperidine rings is 1. The molecule has 0 bridgehead atoms. The molecule has 1 fully saturated rings. The largest absolute Gasteiger partial charge is 0.337 e. The normalized spacial score (nSPS) is 17.1. The summed E-state index contributed by atoms with van der Waals surface area (Å²) in [4.78, 5) is 36.3. The van der Waals surface area contributed by atoms with Crippen molar-refractivity contribution in [2.24, 2.45) is 7.05 Å². The lowest BCUT2D eigenvalue weighted by atomic mass is 9.94. The van der Waals surface area contributed by atoms with Crippen LogP contribution in [-0.2, 0) is 7.05 Å². The Bertz CT molecular complexity index is 951. The quantitative estimate of drug-likeness (QED) is 0.707. The summed E-state index contributed by atoms with van der Waals surface area (Å²) in [6.07, 6.45) is 12.1. The molecule has 138 valence electrons. The first-order valence-corrected chi connectivity index (χ1v) is 8.98. The van der Waals surface area contributed by atoms with Crippen molar-refractivity contribution in [1.29, 1.82) is 0 Å². The van der Waals surface area contributed by atoms with Gasteiger partial charge in [0.15, 0.2) is 0 Å². The molecule has 1 amide bonds. The predicted molar refractivity (Wildman–Crippen MR) is 98.9 cm³/mol. The van der Waals surface area contributed by atoms with Gasteiger partial charge in [-0.25, -0.2) is 15.0 Å². The van der Waals surface area contributed by atoms with Gasteiger partial charge in [0, 0.05) is 38.4 Å². The maximum absolute atomic E-state index is 12.8. The second-order valence-corrected chi connectivity index (χ2v) is 6.85. The summed E-state index contributed by atoms with van der Waals surface area (Å²) < 4.78 is 1.92. The molecule has 8 nitrogen and oxygen atoms in total. The van der Waals surface area contributed by atoms with Crippen molar-refractivity contribution >= 4 is 5.91 Å². The zero-order valence-corrected chi connectivity index (χ0v) is 15.4. The third-order valence-corrected chi connectivity index (χ3v) is 4.86. The highest BCUT2D eigenvalue weighted by molar-refractivity contribution is 5.92. The lowest BCUT2D eigenvalue weighted by molar-refractivity contribution is 0.0699. The number of hydrogen-bond acceptors (Lipinski definition) is 6. The molecule has 1 atom stereocenters. The third-order valence-electron chi connectivity index (χ3n) is 4.86. The maximum atomic E-state index is 12.8. The Morgan fingerprint density at radius 1 is 1.11 bits per heavy atom. The van der Waals surface area contributed by atoms with E-state index < -0.39 is 0 Å². The van der Waals surface area contributed by atoms with E-state index in [1.807, 2.05) is 23.4 Å². The van der Waals surface area contributed by atoms with Crippen LogP contribution in [0.1, 0.15) is 40.6 Å². The Kier molecular flexibility index (Phi) is 4.62. The van der Waals surface area contributed by atoms with Crippen molar-refractivity contribution < 1.29 is 4.79 Å². The monoisotopic (exact) mass is 363 g/mol. The number of rotatable bonds is 3. The molecule has 3 aromatic heterocycles. The Balaban J connectivity index is 1.54. The molecule has 0 N–H and O–H groups in total. The molecule has 4 rings (SSSR count). The summed E-state index contributed by atoms with van der Waals surface area (Å²) in [5.41, 5.74) is 3.80. The van der Waals surface area contributed by atoms with Crippen molar-refractivity contribution in [3.63, 3.8) is 0 Å². The van der Waals surface area contributed by atoms with E-state index in [-0.39, 0.29) is 11.8 Å². The van der Waals surface area contributed by atoms with Crippen molar-refractivity contribution in [3.05, 3.63) is 54.4 Å². The molecule has 1 saturated heterocycles. The molecule has 0 aromatic carbocycles. The minimum absolute atomic E-state index is 0.0806. The van der Waals surface area contributed by atoms with Crippen molar-refractivity contribution in [1.82, 2.24) is 34.4 Å². The van der Waals surface area contributed by atoms with E-state index in [0.29, 0.717) is 12.2 Å². The molecule has 1 aliphatic heterocycles. The zero-order valence-electron chi connectivity index (χ0n) is 15.4. The number of imidazole rings is 1. The van der Waals surface area contributed by atoms with Crippen molar-refractivity contribution in [3.8, 4) is 11.4 Å². The van der Waals surface area contributed by atoms with Crippen molar-refractivity contribution in [2.45, 2.75) is 25.7 Å². The van der Waals surface area contributed by atoms with Crippen LogP contribution in [0.2, 0.25) is 0 Å². The van der Waals surface area contributed by atoms with Gasteiger partial charge >= 0.3 is 0 Å². The zero-order chi connectivity index (χ0) is 18.8. The summed E-state index contributed by atoms with van der Waals surface area (Å²) >= 11 is 0. The third kappa shape index (κ3) is 3.55. The molecule has 27 heavy (non-hydrogen) atoms. The Morgan fingerprint density at radius 2 is 2.00 bits per heavy atom. The second kappa shape index (κ2) is 7.22. The fourth-order valence-electron chi connectivity index (χ4n) is 3.37. The van der Waals surface area contributed by atoms with E-state index in [1.165, 1.54) is 0 Å².